The van der Waals surface area contributed by atoms with Crippen molar-refractivity contribution < 1.29 is 31.1 Å². The Morgan fingerprint density at radius 1 is 1.21 bits per heavy atom. The second kappa shape index (κ2) is 6.04. The molecule has 0 spiro atoms. The lowest BCUT2D eigenvalue weighted by Crippen LogP contribution is -2.31. The number of rotatable bonds is 4. The number of aromatic nitrogens is 5. The van der Waals surface area contributed by atoms with E-state index in [2.05, 4.69) is 24.9 Å². The Hall–Kier alpha value is -2.92. The molecular weight excluding hydrogens is 392 g/mol. The van der Waals surface area contributed by atoms with Gasteiger partial charge in [0.2, 0.25) is 0 Å². The van der Waals surface area contributed by atoms with Crippen molar-refractivity contribution in [3.8, 4) is 17.1 Å². The fraction of sp³-hybridized carbons (Fsp3) is 0.375. The third kappa shape index (κ3) is 3.22. The summed E-state index contributed by atoms with van der Waals surface area (Å²) < 4.78 is 84.3. The predicted octanol–water partition coefficient (Wildman–Crippen LogP) is 3.78. The minimum absolute atomic E-state index is 0.0519. The van der Waals surface area contributed by atoms with Crippen molar-refractivity contribution in [2.24, 2.45) is 0 Å². The zero-order valence-electron chi connectivity index (χ0n) is 14.1. The summed E-state index contributed by atoms with van der Waals surface area (Å²) in [6, 6.07) is 0.898. The summed E-state index contributed by atoms with van der Waals surface area (Å²) in [5, 5.41) is 7.52. The third-order valence-electron chi connectivity index (χ3n) is 4.31. The molecular formula is C16H11F6N5O. The van der Waals surface area contributed by atoms with Crippen molar-refractivity contribution in [3.05, 3.63) is 36.3 Å². The standard InChI is InChI=1S/C16H11F6N5O/c1-7(16(20,21)22)28-14-10(17)2-8(4-24-14)11-6-27-12(5-23-11)25-26-13(27)9-3-15(9,18)19/h2,4-7,9H,3H2,1H3/t7-,9-/m0/s1. The van der Waals surface area contributed by atoms with Gasteiger partial charge in [0, 0.05) is 24.4 Å². The normalized spacial score (nSPS) is 19.6. The first-order valence-corrected chi connectivity index (χ1v) is 8.04. The minimum atomic E-state index is -4.67. The van der Waals surface area contributed by atoms with Gasteiger partial charge in [-0.25, -0.2) is 18.2 Å². The molecule has 0 unspecified atom stereocenters. The number of hydrogen-bond donors (Lipinski definition) is 0. The first-order chi connectivity index (χ1) is 13.1. The number of nitrogens with zero attached hydrogens (tertiary/aromatic N) is 5. The third-order valence-corrected chi connectivity index (χ3v) is 4.31. The van der Waals surface area contributed by atoms with Gasteiger partial charge in [-0.2, -0.15) is 13.2 Å². The van der Waals surface area contributed by atoms with Gasteiger partial charge in [0.15, 0.2) is 17.6 Å². The second-order valence-corrected chi connectivity index (χ2v) is 6.39. The molecule has 3 heterocycles. The Morgan fingerprint density at radius 2 is 1.93 bits per heavy atom. The summed E-state index contributed by atoms with van der Waals surface area (Å²) in [7, 11) is 0. The molecule has 28 heavy (non-hydrogen) atoms. The molecule has 3 aromatic heterocycles. The zero-order valence-corrected chi connectivity index (χ0v) is 14.1. The van der Waals surface area contributed by atoms with Crippen LogP contribution >= 0.6 is 0 Å². The van der Waals surface area contributed by atoms with E-state index in [0.717, 1.165) is 19.2 Å². The number of fused-ring (bicyclic) bond motifs is 1. The summed E-state index contributed by atoms with van der Waals surface area (Å²) in [4.78, 5) is 7.61. The van der Waals surface area contributed by atoms with E-state index in [-0.39, 0.29) is 29.1 Å². The highest BCUT2D eigenvalue weighted by molar-refractivity contribution is 5.59. The van der Waals surface area contributed by atoms with Crippen LogP contribution in [0.25, 0.3) is 16.9 Å². The average Bonchev–Trinajstić information content (AvgIpc) is 3.06. The van der Waals surface area contributed by atoms with Crippen LogP contribution in [0.15, 0.2) is 24.7 Å². The molecule has 1 aliphatic rings. The number of halogens is 6. The van der Waals surface area contributed by atoms with Crippen molar-refractivity contribution >= 4 is 5.65 Å². The molecule has 3 aromatic rings. The van der Waals surface area contributed by atoms with Crippen LogP contribution in [0.4, 0.5) is 26.3 Å². The van der Waals surface area contributed by atoms with Gasteiger partial charge < -0.3 is 4.74 Å². The summed E-state index contributed by atoms with van der Waals surface area (Å²) >= 11 is 0. The van der Waals surface area contributed by atoms with Gasteiger partial charge in [0.25, 0.3) is 11.8 Å². The molecule has 0 aromatic carbocycles. The highest BCUT2D eigenvalue weighted by Gasteiger charge is 2.60. The average molecular weight is 403 g/mol. The minimum Gasteiger partial charge on any atom is -0.463 e. The lowest BCUT2D eigenvalue weighted by Gasteiger charge is -2.17. The van der Waals surface area contributed by atoms with E-state index in [1.165, 1.54) is 16.8 Å². The number of hydrogen-bond acceptors (Lipinski definition) is 5. The molecule has 0 N–H and O–H groups in total. The first-order valence-electron chi connectivity index (χ1n) is 8.04. The quantitative estimate of drug-likeness (QED) is 0.621. The molecule has 0 radical (unpaired) electrons. The van der Waals surface area contributed by atoms with Crippen molar-refractivity contribution in [2.45, 2.75) is 37.5 Å². The van der Waals surface area contributed by atoms with Crippen LogP contribution in [-0.4, -0.2) is 42.8 Å². The number of alkyl halides is 5. The number of ether oxygens (including phenoxy) is 1. The summed E-state index contributed by atoms with van der Waals surface area (Å²) in [5.74, 6) is -5.79. The van der Waals surface area contributed by atoms with Gasteiger partial charge in [-0.3, -0.25) is 9.38 Å². The fourth-order valence-electron chi connectivity index (χ4n) is 2.59. The molecule has 4 rings (SSSR count). The van der Waals surface area contributed by atoms with E-state index in [4.69, 9.17) is 0 Å². The van der Waals surface area contributed by atoms with E-state index < -0.39 is 35.8 Å². The monoisotopic (exact) mass is 403 g/mol. The molecule has 148 valence electrons. The maximum absolute atomic E-state index is 14.1. The molecule has 12 heteroatoms. The van der Waals surface area contributed by atoms with Gasteiger partial charge >= 0.3 is 6.18 Å². The van der Waals surface area contributed by atoms with Crippen molar-refractivity contribution in [1.82, 2.24) is 24.6 Å². The van der Waals surface area contributed by atoms with Crippen molar-refractivity contribution in [2.75, 3.05) is 0 Å². The van der Waals surface area contributed by atoms with Crippen LogP contribution in [0.3, 0.4) is 0 Å². The molecule has 1 fully saturated rings. The molecule has 1 aliphatic carbocycles. The van der Waals surface area contributed by atoms with E-state index in [1.807, 2.05) is 0 Å². The van der Waals surface area contributed by atoms with Gasteiger partial charge in [-0.05, 0) is 13.0 Å². The molecule has 0 saturated heterocycles. The van der Waals surface area contributed by atoms with E-state index >= 15 is 0 Å². The lowest BCUT2D eigenvalue weighted by atomic mass is 10.2. The smallest absolute Gasteiger partial charge is 0.425 e. The van der Waals surface area contributed by atoms with Crippen LogP contribution in [0, 0.1) is 5.82 Å². The molecule has 0 aliphatic heterocycles. The lowest BCUT2D eigenvalue weighted by molar-refractivity contribution is -0.190. The zero-order chi connectivity index (χ0) is 20.3. The van der Waals surface area contributed by atoms with E-state index in [1.54, 1.807) is 0 Å². The molecule has 0 amide bonds. The van der Waals surface area contributed by atoms with Crippen molar-refractivity contribution in [1.29, 1.82) is 0 Å². The fourth-order valence-corrected chi connectivity index (χ4v) is 2.59. The summed E-state index contributed by atoms with van der Waals surface area (Å²) in [5.41, 5.74) is 0.502. The Bertz CT molecular complexity index is 1050. The van der Waals surface area contributed by atoms with Crippen LogP contribution in [0.2, 0.25) is 0 Å². The van der Waals surface area contributed by atoms with E-state index in [9.17, 15) is 26.3 Å². The van der Waals surface area contributed by atoms with Gasteiger partial charge in [-0.1, -0.05) is 0 Å². The van der Waals surface area contributed by atoms with Crippen molar-refractivity contribution in [3.63, 3.8) is 0 Å². The highest BCUT2D eigenvalue weighted by atomic mass is 19.4. The van der Waals surface area contributed by atoms with Gasteiger partial charge in [0.1, 0.15) is 5.82 Å². The Kier molecular flexibility index (Phi) is 3.98. The highest BCUT2D eigenvalue weighted by Crippen LogP contribution is 2.55. The first kappa shape index (κ1) is 18.4. The summed E-state index contributed by atoms with van der Waals surface area (Å²) in [6.45, 7) is 0.728. The molecule has 1 saturated carbocycles. The van der Waals surface area contributed by atoms with Gasteiger partial charge in [-0.15, -0.1) is 10.2 Å². The molecule has 0 bridgehead atoms. The Labute approximate surface area is 153 Å². The second-order valence-electron chi connectivity index (χ2n) is 6.39. The van der Waals surface area contributed by atoms with Gasteiger partial charge in [0.05, 0.1) is 17.8 Å². The van der Waals surface area contributed by atoms with Crippen LogP contribution in [0.5, 0.6) is 5.88 Å². The molecule has 2 atom stereocenters. The SMILES string of the molecule is C[C@H](Oc1ncc(-c2cn3c([C@@H]4CC4(F)F)nnc3cn2)cc1F)C(F)(F)F. The Balaban J connectivity index is 1.65. The summed E-state index contributed by atoms with van der Waals surface area (Å²) in [6.07, 6.45) is -3.57. The van der Waals surface area contributed by atoms with Crippen LogP contribution in [0.1, 0.15) is 25.1 Å². The van der Waals surface area contributed by atoms with Crippen LogP contribution in [-0.2, 0) is 0 Å². The molecule has 6 nitrogen and oxygen atoms in total. The Morgan fingerprint density at radius 3 is 2.54 bits per heavy atom. The predicted molar refractivity (Wildman–Crippen MR) is 82.4 cm³/mol. The van der Waals surface area contributed by atoms with Crippen LogP contribution < -0.4 is 4.74 Å². The maximum Gasteiger partial charge on any atom is 0.425 e. The maximum atomic E-state index is 14.1. The van der Waals surface area contributed by atoms with E-state index in [0.29, 0.717) is 0 Å². The topological polar surface area (TPSA) is 65.2 Å². The number of pyridine rings is 1. The largest absolute Gasteiger partial charge is 0.463 e.